The molecule has 0 unspecified atom stereocenters. The molecule has 0 bridgehead atoms. The van der Waals surface area contributed by atoms with E-state index in [-0.39, 0.29) is 5.91 Å². The zero-order valence-corrected chi connectivity index (χ0v) is 22.4. The second-order valence-electron chi connectivity index (χ2n) is 9.41. The van der Waals surface area contributed by atoms with Gasteiger partial charge in [-0.05, 0) is 61.0 Å². The standard InChI is InChI=1S/C29H27ClN4O2S/c1-19-6-11-24-26(16-19)37-29-31-27(21-4-3-5-23(17-21)36-2)25(34(24)29)18-32-12-14-33(15-13-32)28(35)20-7-9-22(30)10-8-20/h3-11,16-17H,12-15,18H2,1-2H3. The van der Waals surface area contributed by atoms with Gasteiger partial charge in [-0.2, -0.15) is 0 Å². The molecule has 37 heavy (non-hydrogen) atoms. The summed E-state index contributed by atoms with van der Waals surface area (Å²) in [7, 11) is 1.69. The Morgan fingerprint density at radius 1 is 1.03 bits per heavy atom. The van der Waals surface area contributed by atoms with Gasteiger partial charge in [-0.1, -0.05) is 41.1 Å². The number of aryl methyl sites for hydroxylation is 1. The lowest BCUT2D eigenvalue weighted by atomic mass is 10.1. The number of nitrogens with zero attached hydrogens (tertiary/aromatic N) is 4. The first-order valence-corrected chi connectivity index (χ1v) is 13.5. The molecule has 3 heterocycles. The van der Waals surface area contributed by atoms with Crippen LogP contribution in [0.2, 0.25) is 5.02 Å². The lowest BCUT2D eigenvalue weighted by Gasteiger charge is -2.34. The molecule has 1 fully saturated rings. The molecule has 6 rings (SSSR count). The van der Waals surface area contributed by atoms with Crippen molar-refractivity contribution in [3.8, 4) is 17.0 Å². The summed E-state index contributed by atoms with van der Waals surface area (Å²) in [6.07, 6.45) is 0. The lowest BCUT2D eigenvalue weighted by Crippen LogP contribution is -2.48. The zero-order chi connectivity index (χ0) is 25.5. The fourth-order valence-electron chi connectivity index (χ4n) is 4.98. The van der Waals surface area contributed by atoms with Crippen LogP contribution in [0, 0.1) is 6.92 Å². The number of aromatic nitrogens is 2. The molecule has 1 saturated heterocycles. The number of rotatable bonds is 5. The lowest BCUT2D eigenvalue weighted by molar-refractivity contribution is 0.0627. The van der Waals surface area contributed by atoms with E-state index in [0.717, 1.165) is 47.3 Å². The first kappa shape index (κ1) is 24.0. The van der Waals surface area contributed by atoms with Crippen LogP contribution in [-0.2, 0) is 6.54 Å². The number of amides is 1. The summed E-state index contributed by atoms with van der Waals surface area (Å²) in [4.78, 5) is 23.4. The molecule has 0 radical (unpaired) electrons. The first-order chi connectivity index (χ1) is 18.0. The Labute approximate surface area is 224 Å². The SMILES string of the molecule is COc1cccc(-c2nc3sc4cc(C)ccc4n3c2CN2CCN(C(=O)c3ccc(Cl)cc3)CC2)c1. The molecule has 1 aliphatic heterocycles. The Balaban J connectivity index is 1.31. The number of methoxy groups -OCH3 is 1. The van der Waals surface area contributed by atoms with E-state index in [2.05, 4.69) is 40.5 Å². The summed E-state index contributed by atoms with van der Waals surface area (Å²) >= 11 is 7.72. The van der Waals surface area contributed by atoms with E-state index in [1.165, 1.54) is 15.8 Å². The third-order valence-electron chi connectivity index (χ3n) is 6.97. The second-order valence-corrected chi connectivity index (χ2v) is 10.9. The highest BCUT2D eigenvalue weighted by atomic mass is 35.5. The van der Waals surface area contributed by atoms with Gasteiger partial charge >= 0.3 is 0 Å². The fraction of sp³-hybridized carbons (Fsp3) is 0.241. The molecule has 8 heteroatoms. The van der Waals surface area contributed by atoms with Crippen molar-refractivity contribution in [3.63, 3.8) is 0 Å². The average molecular weight is 531 g/mol. The fourth-order valence-corrected chi connectivity index (χ4v) is 6.25. The van der Waals surface area contributed by atoms with Crippen molar-refractivity contribution in [2.45, 2.75) is 13.5 Å². The summed E-state index contributed by atoms with van der Waals surface area (Å²) < 4.78 is 9.04. The van der Waals surface area contributed by atoms with Crippen LogP contribution in [0.1, 0.15) is 21.6 Å². The molecule has 3 aromatic carbocycles. The maximum absolute atomic E-state index is 13.0. The maximum Gasteiger partial charge on any atom is 0.253 e. The molecule has 0 spiro atoms. The van der Waals surface area contributed by atoms with Crippen molar-refractivity contribution in [1.82, 2.24) is 19.2 Å². The van der Waals surface area contributed by atoms with Crippen molar-refractivity contribution >= 4 is 44.0 Å². The maximum atomic E-state index is 13.0. The molecule has 2 aromatic heterocycles. The molecule has 1 aliphatic rings. The van der Waals surface area contributed by atoms with Gasteiger partial charge in [-0.3, -0.25) is 14.1 Å². The van der Waals surface area contributed by atoms with Crippen LogP contribution >= 0.6 is 22.9 Å². The van der Waals surface area contributed by atoms with Crippen molar-refractivity contribution in [2.75, 3.05) is 33.3 Å². The molecule has 6 nitrogen and oxygen atoms in total. The normalized spacial score (nSPS) is 14.5. The van der Waals surface area contributed by atoms with E-state index in [1.54, 1.807) is 42.7 Å². The van der Waals surface area contributed by atoms with Crippen molar-refractivity contribution in [1.29, 1.82) is 0 Å². The van der Waals surface area contributed by atoms with Crippen LogP contribution < -0.4 is 4.74 Å². The third-order valence-corrected chi connectivity index (χ3v) is 8.22. The van der Waals surface area contributed by atoms with Crippen LogP contribution in [-0.4, -0.2) is 58.4 Å². The minimum absolute atomic E-state index is 0.0549. The van der Waals surface area contributed by atoms with Crippen molar-refractivity contribution in [3.05, 3.63) is 88.6 Å². The van der Waals surface area contributed by atoms with Gasteiger partial charge < -0.3 is 9.64 Å². The van der Waals surface area contributed by atoms with Gasteiger partial charge in [0.25, 0.3) is 5.91 Å². The number of carbonyl (C=O) groups excluding carboxylic acids is 1. The van der Waals surface area contributed by atoms with Gasteiger partial charge in [-0.25, -0.2) is 4.98 Å². The largest absolute Gasteiger partial charge is 0.497 e. The predicted molar refractivity (Wildman–Crippen MR) is 150 cm³/mol. The van der Waals surface area contributed by atoms with E-state index >= 15 is 0 Å². The Bertz CT molecular complexity index is 1600. The Morgan fingerprint density at radius 3 is 2.57 bits per heavy atom. The van der Waals surface area contributed by atoms with E-state index in [4.69, 9.17) is 21.3 Å². The molecule has 0 aliphatic carbocycles. The Morgan fingerprint density at radius 2 is 1.81 bits per heavy atom. The summed E-state index contributed by atoms with van der Waals surface area (Å²) in [5, 5.41) is 0.636. The van der Waals surface area contributed by atoms with Gasteiger partial charge in [-0.15, -0.1) is 0 Å². The van der Waals surface area contributed by atoms with Crippen LogP contribution in [0.5, 0.6) is 5.75 Å². The molecular formula is C29H27ClN4O2S. The van der Waals surface area contributed by atoms with Gasteiger partial charge in [0.1, 0.15) is 5.75 Å². The summed E-state index contributed by atoms with van der Waals surface area (Å²) in [5.74, 6) is 0.869. The van der Waals surface area contributed by atoms with E-state index in [1.807, 2.05) is 23.1 Å². The van der Waals surface area contributed by atoms with Crippen LogP contribution in [0.15, 0.2) is 66.7 Å². The van der Waals surface area contributed by atoms with Crippen molar-refractivity contribution in [2.24, 2.45) is 0 Å². The number of imidazole rings is 1. The minimum atomic E-state index is 0.0549. The molecule has 5 aromatic rings. The molecular weight excluding hydrogens is 504 g/mol. The number of piperazine rings is 1. The first-order valence-electron chi connectivity index (χ1n) is 12.3. The molecule has 188 valence electrons. The van der Waals surface area contributed by atoms with Gasteiger partial charge in [0.05, 0.1) is 28.7 Å². The number of carbonyl (C=O) groups is 1. The molecule has 0 N–H and O–H groups in total. The highest BCUT2D eigenvalue weighted by molar-refractivity contribution is 7.23. The monoisotopic (exact) mass is 530 g/mol. The van der Waals surface area contributed by atoms with E-state index < -0.39 is 0 Å². The van der Waals surface area contributed by atoms with Gasteiger partial charge in [0, 0.05) is 48.9 Å². The average Bonchev–Trinajstić information content (AvgIpc) is 3.45. The highest BCUT2D eigenvalue weighted by Crippen LogP contribution is 2.35. The Hall–Kier alpha value is -3.39. The summed E-state index contributed by atoms with van der Waals surface area (Å²) in [5.41, 5.74) is 6.28. The highest BCUT2D eigenvalue weighted by Gasteiger charge is 2.25. The molecule has 1 amide bonds. The van der Waals surface area contributed by atoms with Crippen LogP contribution in [0.3, 0.4) is 0 Å². The summed E-state index contributed by atoms with van der Waals surface area (Å²) in [6.45, 7) is 5.82. The molecule has 0 saturated carbocycles. The Kier molecular flexibility index (Phi) is 6.36. The third kappa shape index (κ3) is 4.59. The van der Waals surface area contributed by atoms with Crippen LogP contribution in [0.25, 0.3) is 26.4 Å². The zero-order valence-electron chi connectivity index (χ0n) is 20.8. The predicted octanol–water partition coefficient (Wildman–Crippen LogP) is 6.14. The number of halogens is 1. The van der Waals surface area contributed by atoms with E-state index in [9.17, 15) is 4.79 Å². The number of ether oxygens (including phenoxy) is 1. The minimum Gasteiger partial charge on any atom is -0.497 e. The van der Waals surface area contributed by atoms with E-state index in [0.29, 0.717) is 23.7 Å². The summed E-state index contributed by atoms with van der Waals surface area (Å²) in [6, 6.07) is 21.8. The number of fused-ring (bicyclic) bond motifs is 3. The van der Waals surface area contributed by atoms with Crippen molar-refractivity contribution < 1.29 is 9.53 Å². The van der Waals surface area contributed by atoms with Gasteiger partial charge in [0.2, 0.25) is 0 Å². The smallest absolute Gasteiger partial charge is 0.253 e. The number of benzene rings is 3. The number of hydrogen-bond acceptors (Lipinski definition) is 5. The quantitative estimate of drug-likeness (QED) is 0.274. The molecule has 0 atom stereocenters. The topological polar surface area (TPSA) is 50.1 Å². The number of hydrogen-bond donors (Lipinski definition) is 0. The van der Waals surface area contributed by atoms with Crippen LogP contribution in [0.4, 0.5) is 0 Å². The number of thiazole rings is 1. The van der Waals surface area contributed by atoms with Gasteiger partial charge in [0.15, 0.2) is 4.96 Å². The second kappa shape index (κ2) is 9.82.